The van der Waals surface area contributed by atoms with Crippen molar-refractivity contribution >= 4 is 21.8 Å². The van der Waals surface area contributed by atoms with Gasteiger partial charge in [-0.1, -0.05) is 6.07 Å². The minimum absolute atomic E-state index is 0.000216. The third-order valence-corrected chi connectivity index (χ3v) is 2.91. The van der Waals surface area contributed by atoms with Gasteiger partial charge < -0.3 is 10.5 Å². The third kappa shape index (κ3) is 2.70. The molecule has 94 valence electrons. The Morgan fingerprint density at radius 1 is 1.56 bits per heavy atom. The molecule has 1 aromatic carbocycles. The van der Waals surface area contributed by atoms with Crippen molar-refractivity contribution in [2.75, 3.05) is 7.11 Å². The number of nitrogens with zero attached hydrogens (tertiary/aromatic N) is 2. The number of hydrogen-bond acceptors (Lipinski definition) is 3. The van der Waals surface area contributed by atoms with E-state index < -0.39 is 0 Å². The lowest BCUT2D eigenvalue weighted by atomic mass is 10.1. The summed E-state index contributed by atoms with van der Waals surface area (Å²) >= 11 is 3.35. The number of halogens is 1. The Hall–Kier alpha value is -1.82. The summed E-state index contributed by atoms with van der Waals surface area (Å²) in [6.07, 6.45) is 3.63. The second-order valence-corrected chi connectivity index (χ2v) is 4.72. The SMILES string of the molecule is COc1cc(Cn2cc(Br)cn2)ccc1C(=N)N. The molecule has 0 spiro atoms. The van der Waals surface area contributed by atoms with E-state index in [1.54, 1.807) is 19.4 Å². The standard InChI is InChI=1S/C12H13BrN4O/c1-18-11-4-8(2-3-10(11)12(14)15)6-17-7-9(13)5-16-17/h2-5,7H,6H2,1H3,(H3,14,15). The molecule has 0 aliphatic heterocycles. The quantitative estimate of drug-likeness (QED) is 0.670. The van der Waals surface area contributed by atoms with Crippen molar-refractivity contribution in [3.05, 3.63) is 46.2 Å². The number of nitrogens with two attached hydrogens (primary N) is 1. The number of methoxy groups -OCH3 is 1. The second-order valence-electron chi connectivity index (χ2n) is 3.80. The van der Waals surface area contributed by atoms with Crippen LogP contribution in [0.2, 0.25) is 0 Å². The summed E-state index contributed by atoms with van der Waals surface area (Å²) in [6.45, 7) is 0.639. The van der Waals surface area contributed by atoms with E-state index in [-0.39, 0.29) is 5.84 Å². The topological polar surface area (TPSA) is 76.9 Å². The first-order valence-corrected chi connectivity index (χ1v) is 6.08. The Bertz CT molecular complexity index is 579. The van der Waals surface area contributed by atoms with E-state index in [2.05, 4.69) is 21.0 Å². The van der Waals surface area contributed by atoms with E-state index >= 15 is 0 Å². The van der Waals surface area contributed by atoms with E-state index in [1.165, 1.54) is 0 Å². The lowest BCUT2D eigenvalue weighted by Gasteiger charge is -2.09. The number of amidine groups is 1. The van der Waals surface area contributed by atoms with Crippen molar-refractivity contribution in [2.24, 2.45) is 5.73 Å². The Kier molecular flexibility index (Phi) is 3.66. The van der Waals surface area contributed by atoms with Crippen LogP contribution in [-0.2, 0) is 6.54 Å². The number of nitrogen functional groups attached to an aromatic ring is 1. The summed E-state index contributed by atoms with van der Waals surface area (Å²) in [5.41, 5.74) is 7.11. The van der Waals surface area contributed by atoms with E-state index in [0.29, 0.717) is 17.9 Å². The predicted molar refractivity (Wildman–Crippen MR) is 73.0 cm³/mol. The summed E-state index contributed by atoms with van der Waals surface area (Å²) in [5, 5.41) is 11.6. The molecule has 0 saturated carbocycles. The van der Waals surface area contributed by atoms with Gasteiger partial charge in [0.2, 0.25) is 0 Å². The highest BCUT2D eigenvalue weighted by Gasteiger charge is 2.07. The zero-order valence-electron chi connectivity index (χ0n) is 9.85. The highest BCUT2D eigenvalue weighted by atomic mass is 79.9. The lowest BCUT2D eigenvalue weighted by molar-refractivity contribution is 0.413. The molecule has 0 saturated heterocycles. The molecule has 2 aromatic rings. The molecule has 0 radical (unpaired) electrons. The maximum absolute atomic E-state index is 7.45. The van der Waals surface area contributed by atoms with E-state index in [9.17, 15) is 0 Å². The number of aromatic nitrogens is 2. The largest absolute Gasteiger partial charge is 0.496 e. The van der Waals surface area contributed by atoms with Gasteiger partial charge in [-0.15, -0.1) is 0 Å². The molecule has 5 nitrogen and oxygen atoms in total. The molecule has 1 aromatic heterocycles. The monoisotopic (exact) mass is 308 g/mol. The maximum Gasteiger partial charge on any atom is 0.130 e. The maximum atomic E-state index is 7.45. The van der Waals surface area contributed by atoms with Crippen molar-refractivity contribution in [2.45, 2.75) is 6.54 Å². The van der Waals surface area contributed by atoms with Gasteiger partial charge in [0, 0.05) is 6.20 Å². The molecule has 3 N–H and O–H groups in total. The van der Waals surface area contributed by atoms with Gasteiger partial charge in [0.15, 0.2) is 0 Å². The fraction of sp³-hybridized carbons (Fsp3) is 0.167. The van der Waals surface area contributed by atoms with Crippen LogP contribution in [0.25, 0.3) is 0 Å². The molecule has 0 unspecified atom stereocenters. The normalized spacial score (nSPS) is 10.3. The molecule has 0 aliphatic carbocycles. The Morgan fingerprint density at radius 2 is 2.33 bits per heavy atom. The first kappa shape index (κ1) is 12.6. The molecule has 0 atom stereocenters. The van der Waals surface area contributed by atoms with Gasteiger partial charge in [-0.25, -0.2) is 0 Å². The number of ether oxygens (including phenoxy) is 1. The van der Waals surface area contributed by atoms with Gasteiger partial charge >= 0.3 is 0 Å². The Morgan fingerprint density at radius 3 is 2.89 bits per heavy atom. The molecule has 18 heavy (non-hydrogen) atoms. The molecule has 1 heterocycles. The van der Waals surface area contributed by atoms with Crippen LogP contribution in [0.5, 0.6) is 5.75 Å². The number of benzene rings is 1. The minimum atomic E-state index is 0.000216. The smallest absolute Gasteiger partial charge is 0.130 e. The fourth-order valence-electron chi connectivity index (χ4n) is 1.67. The summed E-state index contributed by atoms with van der Waals surface area (Å²) in [6, 6.07) is 5.57. The van der Waals surface area contributed by atoms with Gasteiger partial charge in [0.1, 0.15) is 11.6 Å². The van der Waals surface area contributed by atoms with E-state index in [4.69, 9.17) is 15.9 Å². The molecule has 0 bridgehead atoms. The molecular weight excluding hydrogens is 296 g/mol. The van der Waals surface area contributed by atoms with Crippen molar-refractivity contribution in [1.82, 2.24) is 9.78 Å². The molecule has 6 heteroatoms. The molecule has 2 rings (SSSR count). The zero-order valence-corrected chi connectivity index (χ0v) is 11.4. The first-order valence-electron chi connectivity index (χ1n) is 5.29. The lowest BCUT2D eigenvalue weighted by Crippen LogP contribution is -2.13. The minimum Gasteiger partial charge on any atom is -0.496 e. The van der Waals surface area contributed by atoms with Crippen molar-refractivity contribution in [3.8, 4) is 5.75 Å². The van der Waals surface area contributed by atoms with Crippen LogP contribution in [-0.4, -0.2) is 22.7 Å². The molecular formula is C12H13BrN4O. The summed E-state index contributed by atoms with van der Waals surface area (Å²) in [7, 11) is 1.57. The summed E-state index contributed by atoms with van der Waals surface area (Å²) in [5.74, 6) is 0.603. The second kappa shape index (κ2) is 5.22. The molecule has 0 fully saturated rings. The summed E-state index contributed by atoms with van der Waals surface area (Å²) < 4.78 is 7.98. The van der Waals surface area contributed by atoms with E-state index in [1.807, 2.05) is 23.0 Å². The Balaban J connectivity index is 2.27. The van der Waals surface area contributed by atoms with Crippen LogP contribution >= 0.6 is 15.9 Å². The third-order valence-electron chi connectivity index (χ3n) is 2.50. The van der Waals surface area contributed by atoms with Crippen LogP contribution < -0.4 is 10.5 Å². The van der Waals surface area contributed by atoms with Gasteiger partial charge in [-0.05, 0) is 33.6 Å². The zero-order chi connectivity index (χ0) is 13.1. The number of nitrogens with one attached hydrogen (secondary N) is 1. The van der Waals surface area contributed by atoms with Crippen LogP contribution in [0.15, 0.2) is 35.1 Å². The van der Waals surface area contributed by atoms with Crippen LogP contribution in [0.1, 0.15) is 11.1 Å². The molecule has 0 amide bonds. The average molecular weight is 309 g/mol. The van der Waals surface area contributed by atoms with Crippen LogP contribution in [0.3, 0.4) is 0 Å². The van der Waals surface area contributed by atoms with Gasteiger partial charge in [0.25, 0.3) is 0 Å². The average Bonchev–Trinajstić information content (AvgIpc) is 2.74. The highest BCUT2D eigenvalue weighted by Crippen LogP contribution is 2.20. The summed E-state index contributed by atoms with van der Waals surface area (Å²) in [4.78, 5) is 0. The van der Waals surface area contributed by atoms with Crippen LogP contribution in [0, 0.1) is 5.41 Å². The molecule has 0 aliphatic rings. The predicted octanol–water partition coefficient (Wildman–Crippen LogP) is 1.99. The van der Waals surface area contributed by atoms with Gasteiger partial charge in [-0.3, -0.25) is 10.1 Å². The van der Waals surface area contributed by atoms with Crippen molar-refractivity contribution in [1.29, 1.82) is 5.41 Å². The van der Waals surface area contributed by atoms with Gasteiger partial charge in [0.05, 0.1) is 29.9 Å². The van der Waals surface area contributed by atoms with Gasteiger partial charge in [-0.2, -0.15) is 5.10 Å². The van der Waals surface area contributed by atoms with Crippen molar-refractivity contribution in [3.63, 3.8) is 0 Å². The highest BCUT2D eigenvalue weighted by molar-refractivity contribution is 9.10. The fourth-order valence-corrected chi connectivity index (χ4v) is 2.00. The van der Waals surface area contributed by atoms with Crippen LogP contribution in [0.4, 0.5) is 0 Å². The number of hydrogen-bond donors (Lipinski definition) is 2. The Labute approximate surface area is 113 Å². The van der Waals surface area contributed by atoms with E-state index in [0.717, 1.165) is 10.0 Å². The first-order chi connectivity index (χ1) is 8.60. The number of rotatable bonds is 4. The van der Waals surface area contributed by atoms with Crippen molar-refractivity contribution < 1.29 is 4.74 Å².